The van der Waals surface area contributed by atoms with Gasteiger partial charge in [-0.1, -0.05) is 18.2 Å². The summed E-state index contributed by atoms with van der Waals surface area (Å²) in [6.07, 6.45) is 1.88. The van der Waals surface area contributed by atoms with Crippen molar-refractivity contribution in [3.8, 4) is 0 Å². The summed E-state index contributed by atoms with van der Waals surface area (Å²) < 4.78 is 23.4. The lowest BCUT2D eigenvalue weighted by Gasteiger charge is -2.08. The highest BCUT2D eigenvalue weighted by atomic mass is 32.2. The molecule has 0 aliphatic heterocycles. The number of hydrogen-bond acceptors (Lipinski definition) is 5. The summed E-state index contributed by atoms with van der Waals surface area (Å²) in [5.74, 6) is -0.190. The Bertz CT molecular complexity index is 767. The van der Waals surface area contributed by atoms with E-state index in [1.807, 2.05) is 12.3 Å². The molecule has 7 heteroatoms. The van der Waals surface area contributed by atoms with Crippen molar-refractivity contribution in [1.29, 1.82) is 0 Å². The molecule has 0 unspecified atom stereocenters. The lowest BCUT2D eigenvalue weighted by atomic mass is 10.1. The standard InChI is InChI=1S/C15H18N2O3S2/c1-11-10-21-15(17-11)7-8-16-14(18)9-12-5-3-4-6-13(12)22(2,19)20/h3-6,10H,7-9H2,1-2H3,(H,16,18). The summed E-state index contributed by atoms with van der Waals surface area (Å²) in [6.45, 7) is 2.42. The second-order valence-electron chi connectivity index (χ2n) is 5.04. The highest BCUT2D eigenvalue weighted by molar-refractivity contribution is 7.90. The van der Waals surface area contributed by atoms with E-state index in [0.29, 0.717) is 18.5 Å². The highest BCUT2D eigenvalue weighted by Crippen LogP contribution is 2.15. The van der Waals surface area contributed by atoms with E-state index in [1.165, 1.54) is 6.07 Å². The molecule has 0 bridgehead atoms. The van der Waals surface area contributed by atoms with Crippen molar-refractivity contribution in [3.63, 3.8) is 0 Å². The first kappa shape index (κ1) is 16.6. The fourth-order valence-corrected chi connectivity index (χ4v) is 3.79. The van der Waals surface area contributed by atoms with Gasteiger partial charge >= 0.3 is 0 Å². The van der Waals surface area contributed by atoms with Crippen LogP contribution < -0.4 is 5.32 Å². The minimum Gasteiger partial charge on any atom is -0.355 e. The third-order valence-corrected chi connectivity index (χ3v) is 5.27. The number of amides is 1. The minimum absolute atomic E-state index is 0.0557. The third-order valence-electron chi connectivity index (χ3n) is 3.05. The van der Waals surface area contributed by atoms with Crippen LogP contribution in [0.15, 0.2) is 34.5 Å². The molecule has 0 spiro atoms. The molecule has 1 aromatic heterocycles. The Kier molecular flexibility index (Phi) is 5.31. The number of carbonyl (C=O) groups is 1. The molecule has 5 nitrogen and oxygen atoms in total. The Morgan fingerprint density at radius 1 is 1.32 bits per heavy atom. The second kappa shape index (κ2) is 7.02. The molecule has 22 heavy (non-hydrogen) atoms. The summed E-state index contributed by atoms with van der Waals surface area (Å²) in [7, 11) is -3.33. The molecule has 1 heterocycles. The van der Waals surface area contributed by atoms with Gasteiger partial charge in [-0.3, -0.25) is 4.79 Å². The van der Waals surface area contributed by atoms with Gasteiger partial charge in [0.05, 0.1) is 16.3 Å². The fourth-order valence-electron chi connectivity index (χ4n) is 2.07. The van der Waals surface area contributed by atoms with E-state index in [4.69, 9.17) is 0 Å². The maximum Gasteiger partial charge on any atom is 0.224 e. The number of benzene rings is 1. The summed E-state index contributed by atoms with van der Waals surface area (Å²) in [5, 5.41) is 5.75. The fraction of sp³-hybridized carbons (Fsp3) is 0.333. The topological polar surface area (TPSA) is 76.1 Å². The Morgan fingerprint density at radius 2 is 2.05 bits per heavy atom. The Labute approximate surface area is 134 Å². The predicted octanol–water partition coefficient (Wildman–Crippen LogP) is 1.76. The van der Waals surface area contributed by atoms with Crippen LogP contribution in [-0.2, 0) is 27.5 Å². The first-order valence-corrected chi connectivity index (χ1v) is 9.59. The van der Waals surface area contributed by atoms with Crippen LogP contribution in [0.5, 0.6) is 0 Å². The zero-order chi connectivity index (χ0) is 16.2. The van der Waals surface area contributed by atoms with E-state index < -0.39 is 9.84 Å². The van der Waals surface area contributed by atoms with Crippen LogP contribution in [0.4, 0.5) is 0 Å². The molecule has 1 aromatic carbocycles. The van der Waals surface area contributed by atoms with Gasteiger partial charge in [0.2, 0.25) is 5.91 Å². The number of rotatable bonds is 6. The van der Waals surface area contributed by atoms with Crippen molar-refractivity contribution in [2.75, 3.05) is 12.8 Å². The maximum atomic E-state index is 12.0. The molecule has 118 valence electrons. The van der Waals surface area contributed by atoms with E-state index >= 15 is 0 Å². The molecule has 2 rings (SSSR count). The number of thiazole rings is 1. The van der Waals surface area contributed by atoms with Crippen molar-refractivity contribution in [3.05, 3.63) is 45.9 Å². The molecule has 0 fully saturated rings. The van der Waals surface area contributed by atoms with E-state index in [-0.39, 0.29) is 17.2 Å². The van der Waals surface area contributed by atoms with Crippen molar-refractivity contribution >= 4 is 27.1 Å². The zero-order valence-corrected chi connectivity index (χ0v) is 14.1. The Hall–Kier alpha value is -1.73. The van der Waals surface area contributed by atoms with Gasteiger partial charge in [0, 0.05) is 30.3 Å². The number of carbonyl (C=O) groups excluding carboxylic acids is 1. The number of nitrogens with one attached hydrogen (secondary N) is 1. The molecule has 0 aliphatic rings. The van der Waals surface area contributed by atoms with Gasteiger partial charge in [-0.2, -0.15) is 0 Å². The van der Waals surface area contributed by atoms with Crippen LogP contribution in [0.3, 0.4) is 0 Å². The van der Waals surface area contributed by atoms with Crippen LogP contribution >= 0.6 is 11.3 Å². The van der Waals surface area contributed by atoms with Crippen LogP contribution in [0.25, 0.3) is 0 Å². The average Bonchev–Trinajstić information content (AvgIpc) is 2.84. The van der Waals surface area contributed by atoms with Crippen LogP contribution in [-0.4, -0.2) is 32.1 Å². The molecule has 1 N–H and O–H groups in total. The van der Waals surface area contributed by atoms with E-state index in [1.54, 1.807) is 29.5 Å². The summed E-state index contributed by atoms with van der Waals surface area (Å²) in [6, 6.07) is 6.58. The highest BCUT2D eigenvalue weighted by Gasteiger charge is 2.14. The van der Waals surface area contributed by atoms with Crippen LogP contribution in [0, 0.1) is 6.92 Å². The van der Waals surface area contributed by atoms with Gasteiger partial charge in [0.1, 0.15) is 0 Å². The molecule has 0 aliphatic carbocycles. The molecule has 0 radical (unpaired) electrons. The smallest absolute Gasteiger partial charge is 0.224 e. The SMILES string of the molecule is Cc1csc(CCNC(=O)Cc2ccccc2S(C)(=O)=O)n1. The van der Waals surface area contributed by atoms with E-state index in [0.717, 1.165) is 17.0 Å². The van der Waals surface area contributed by atoms with E-state index in [2.05, 4.69) is 10.3 Å². The number of aromatic nitrogens is 1. The maximum absolute atomic E-state index is 12.0. The van der Waals surface area contributed by atoms with Crippen LogP contribution in [0.2, 0.25) is 0 Å². The molecule has 0 saturated heterocycles. The van der Waals surface area contributed by atoms with Gasteiger partial charge < -0.3 is 5.32 Å². The molecule has 1 amide bonds. The Morgan fingerprint density at radius 3 is 2.68 bits per heavy atom. The van der Waals surface area contributed by atoms with E-state index in [9.17, 15) is 13.2 Å². The number of hydrogen-bond donors (Lipinski definition) is 1. The molecule has 0 atom stereocenters. The third kappa shape index (κ3) is 4.64. The number of sulfone groups is 1. The normalized spacial score (nSPS) is 11.4. The largest absolute Gasteiger partial charge is 0.355 e. The van der Waals surface area contributed by atoms with Crippen molar-refractivity contribution < 1.29 is 13.2 Å². The van der Waals surface area contributed by atoms with Gasteiger partial charge in [0.15, 0.2) is 9.84 Å². The molecular formula is C15H18N2O3S2. The van der Waals surface area contributed by atoms with Crippen molar-refractivity contribution in [2.24, 2.45) is 0 Å². The zero-order valence-electron chi connectivity index (χ0n) is 12.5. The molecule has 0 saturated carbocycles. The first-order chi connectivity index (χ1) is 10.4. The predicted molar refractivity (Wildman–Crippen MR) is 86.8 cm³/mol. The lowest BCUT2D eigenvalue weighted by molar-refractivity contribution is -0.120. The van der Waals surface area contributed by atoms with Gasteiger partial charge in [-0.25, -0.2) is 13.4 Å². The number of nitrogens with zero attached hydrogens (tertiary/aromatic N) is 1. The summed E-state index contributed by atoms with van der Waals surface area (Å²) in [5.41, 5.74) is 1.50. The quantitative estimate of drug-likeness (QED) is 0.871. The van der Waals surface area contributed by atoms with Crippen molar-refractivity contribution in [2.45, 2.75) is 24.7 Å². The monoisotopic (exact) mass is 338 g/mol. The molecular weight excluding hydrogens is 320 g/mol. The lowest BCUT2D eigenvalue weighted by Crippen LogP contribution is -2.27. The summed E-state index contributed by atoms with van der Waals surface area (Å²) >= 11 is 1.57. The average molecular weight is 338 g/mol. The minimum atomic E-state index is -3.33. The first-order valence-electron chi connectivity index (χ1n) is 6.82. The van der Waals surface area contributed by atoms with Gasteiger partial charge in [-0.15, -0.1) is 11.3 Å². The van der Waals surface area contributed by atoms with Crippen LogP contribution in [0.1, 0.15) is 16.3 Å². The number of aryl methyl sites for hydroxylation is 1. The summed E-state index contributed by atoms with van der Waals surface area (Å²) in [4.78, 5) is 16.5. The Balaban J connectivity index is 1.92. The molecule has 2 aromatic rings. The van der Waals surface area contributed by atoms with Gasteiger partial charge in [-0.05, 0) is 18.6 Å². The second-order valence-corrected chi connectivity index (χ2v) is 7.97. The van der Waals surface area contributed by atoms with Gasteiger partial charge in [0.25, 0.3) is 0 Å². The van der Waals surface area contributed by atoms with Crippen molar-refractivity contribution in [1.82, 2.24) is 10.3 Å².